The van der Waals surface area contributed by atoms with Crippen molar-refractivity contribution < 1.29 is 4.74 Å². The van der Waals surface area contributed by atoms with Crippen molar-refractivity contribution in [2.24, 2.45) is 0 Å². The molecule has 1 aromatic carbocycles. The van der Waals surface area contributed by atoms with E-state index in [0.29, 0.717) is 0 Å². The zero-order valence-electron chi connectivity index (χ0n) is 9.76. The summed E-state index contributed by atoms with van der Waals surface area (Å²) >= 11 is 0. The molecule has 1 N–H and O–H groups in total. The fourth-order valence-corrected chi connectivity index (χ4v) is 2.46. The molecule has 1 aliphatic heterocycles. The van der Waals surface area contributed by atoms with Crippen molar-refractivity contribution in [1.29, 1.82) is 0 Å². The molecule has 82 valence electrons. The summed E-state index contributed by atoms with van der Waals surface area (Å²) in [4.78, 5) is 0. The Labute approximate surface area is 91.6 Å². The van der Waals surface area contributed by atoms with Gasteiger partial charge >= 0.3 is 0 Å². The number of anilines is 1. The summed E-state index contributed by atoms with van der Waals surface area (Å²) in [5.41, 5.74) is 2.95. The first-order chi connectivity index (χ1) is 7.19. The molecule has 2 nitrogen and oxygen atoms in total. The highest BCUT2D eigenvalue weighted by atomic mass is 16.5. The predicted octanol–water partition coefficient (Wildman–Crippen LogP) is 3.18. The topological polar surface area (TPSA) is 21.3 Å². The van der Waals surface area contributed by atoms with Gasteiger partial charge in [-0.25, -0.2) is 0 Å². The van der Waals surface area contributed by atoms with E-state index in [9.17, 15) is 0 Å². The van der Waals surface area contributed by atoms with Gasteiger partial charge in [0.1, 0.15) is 5.75 Å². The molecule has 2 rings (SSSR count). The van der Waals surface area contributed by atoms with Gasteiger partial charge in [-0.05, 0) is 30.2 Å². The summed E-state index contributed by atoms with van der Waals surface area (Å²) in [5.74, 6) is 0.958. The van der Waals surface area contributed by atoms with Gasteiger partial charge in [-0.1, -0.05) is 20.3 Å². The summed E-state index contributed by atoms with van der Waals surface area (Å²) in [6, 6.07) is 6.31. The van der Waals surface area contributed by atoms with Crippen molar-refractivity contribution in [3.63, 3.8) is 0 Å². The highest BCUT2D eigenvalue weighted by Gasteiger charge is 2.33. The smallest absolute Gasteiger partial charge is 0.119 e. The van der Waals surface area contributed by atoms with Gasteiger partial charge in [0.2, 0.25) is 0 Å². The normalized spacial score (nSPS) is 23.4. The fraction of sp³-hybridized carbons (Fsp3) is 0.538. The maximum absolute atomic E-state index is 5.28. The Morgan fingerprint density at radius 3 is 2.93 bits per heavy atom. The van der Waals surface area contributed by atoms with Crippen molar-refractivity contribution >= 4 is 5.69 Å². The van der Waals surface area contributed by atoms with Gasteiger partial charge in [0.15, 0.2) is 0 Å². The van der Waals surface area contributed by atoms with Crippen molar-refractivity contribution in [1.82, 2.24) is 0 Å². The molecular weight excluding hydrogens is 186 g/mol. The number of ether oxygens (including phenoxy) is 1. The van der Waals surface area contributed by atoms with Crippen molar-refractivity contribution in [2.75, 3.05) is 19.0 Å². The molecule has 1 aromatic rings. The second-order valence-corrected chi connectivity index (χ2v) is 4.58. The Balaban J connectivity index is 2.39. The van der Waals surface area contributed by atoms with Gasteiger partial charge in [-0.2, -0.15) is 0 Å². The highest BCUT2D eigenvalue weighted by Crippen LogP contribution is 2.41. The number of benzene rings is 1. The Morgan fingerprint density at radius 2 is 2.27 bits per heavy atom. The van der Waals surface area contributed by atoms with E-state index in [1.807, 2.05) is 6.07 Å². The summed E-state index contributed by atoms with van der Waals surface area (Å²) in [7, 11) is 1.72. The summed E-state index contributed by atoms with van der Waals surface area (Å²) < 4.78 is 5.28. The summed E-state index contributed by atoms with van der Waals surface area (Å²) in [6.07, 6.45) is 2.44. The highest BCUT2D eigenvalue weighted by molar-refractivity contribution is 5.62. The molecule has 0 radical (unpaired) electrons. The van der Waals surface area contributed by atoms with Gasteiger partial charge in [0.25, 0.3) is 0 Å². The van der Waals surface area contributed by atoms with E-state index in [-0.39, 0.29) is 5.41 Å². The minimum absolute atomic E-state index is 0.276. The Bertz CT molecular complexity index is 358. The van der Waals surface area contributed by atoms with Crippen LogP contribution >= 0.6 is 0 Å². The zero-order chi connectivity index (χ0) is 10.9. The first-order valence-electron chi connectivity index (χ1n) is 5.62. The summed E-state index contributed by atoms with van der Waals surface area (Å²) in [5, 5.41) is 3.47. The molecule has 15 heavy (non-hydrogen) atoms. The van der Waals surface area contributed by atoms with Crippen LogP contribution in [0.4, 0.5) is 5.69 Å². The molecule has 1 heterocycles. The molecule has 0 aromatic heterocycles. The number of nitrogens with one attached hydrogen (secondary N) is 1. The van der Waals surface area contributed by atoms with E-state index in [4.69, 9.17) is 4.74 Å². The van der Waals surface area contributed by atoms with E-state index in [2.05, 4.69) is 31.3 Å². The average Bonchev–Trinajstić information content (AvgIpc) is 2.57. The SMILES string of the molecule is CCCC1(C)CNc2ccc(OC)cc21. The lowest BCUT2D eigenvalue weighted by molar-refractivity contribution is 0.411. The molecule has 0 spiro atoms. The number of fused-ring (bicyclic) bond motifs is 1. The third-order valence-electron chi connectivity index (χ3n) is 3.35. The number of rotatable bonds is 3. The molecular formula is C13H19NO. The molecule has 1 atom stereocenters. The first-order valence-corrected chi connectivity index (χ1v) is 5.62. The number of hydrogen-bond acceptors (Lipinski definition) is 2. The second-order valence-electron chi connectivity index (χ2n) is 4.58. The van der Waals surface area contributed by atoms with E-state index >= 15 is 0 Å². The Kier molecular flexibility index (Phi) is 2.59. The van der Waals surface area contributed by atoms with Crippen LogP contribution in [-0.4, -0.2) is 13.7 Å². The lowest BCUT2D eigenvalue weighted by atomic mass is 9.80. The van der Waals surface area contributed by atoms with E-state index < -0.39 is 0 Å². The van der Waals surface area contributed by atoms with Crippen LogP contribution in [0, 0.1) is 0 Å². The molecule has 0 amide bonds. The van der Waals surface area contributed by atoms with Crippen LogP contribution in [0.25, 0.3) is 0 Å². The molecule has 0 saturated carbocycles. The molecule has 1 aliphatic rings. The van der Waals surface area contributed by atoms with Crippen LogP contribution in [0.5, 0.6) is 5.75 Å². The fourth-order valence-electron chi connectivity index (χ4n) is 2.46. The van der Waals surface area contributed by atoms with E-state index in [1.54, 1.807) is 7.11 Å². The molecule has 0 fully saturated rings. The Morgan fingerprint density at radius 1 is 1.47 bits per heavy atom. The summed E-state index contributed by atoms with van der Waals surface area (Å²) in [6.45, 7) is 5.61. The molecule has 1 unspecified atom stereocenters. The van der Waals surface area contributed by atoms with Gasteiger partial charge in [0.05, 0.1) is 7.11 Å². The maximum atomic E-state index is 5.28. The zero-order valence-corrected chi connectivity index (χ0v) is 9.76. The molecule has 0 bridgehead atoms. The minimum atomic E-state index is 0.276. The van der Waals surface area contributed by atoms with Crippen LogP contribution in [-0.2, 0) is 5.41 Å². The third-order valence-corrected chi connectivity index (χ3v) is 3.35. The second kappa shape index (κ2) is 3.76. The predicted molar refractivity (Wildman–Crippen MR) is 63.7 cm³/mol. The van der Waals surface area contributed by atoms with Crippen molar-refractivity contribution in [3.8, 4) is 5.75 Å². The first kappa shape index (κ1) is 10.3. The maximum Gasteiger partial charge on any atom is 0.119 e. The quantitative estimate of drug-likeness (QED) is 0.818. The Hall–Kier alpha value is -1.18. The van der Waals surface area contributed by atoms with Crippen molar-refractivity contribution in [2.45, 2.75) is 32.1 Å². The van der Waals surface area contributed by atoms with Gasteiger partial charge in [0, 0.05) is 17.6 Å². The van der Waals surface area contributed by atoms with Gasteiger partial charge < -0.3 is 10.1 Å². The van der Waals surface area contributed by atoms with Crippen LogP contribution in [0.1, 0.15) is 32.3 Å². The largest absolute Gasteiger partial charge is 0.497 e. The van der Waals surface area contributed by atoms with Crippen LogP contribution in [0.3, 0.4) is 0 Å². The lowest BCUT2D eigenvalue weighted by Gasteiger charge is -2.23. The molecule has 2 heteroatoms. The van der Waals surface area contributed by atoms with E-state index in [0.717, 1.165) is 12.3 Å². The average molecular weight is 205 g/mol. The van der Waals surface area contributed by atoms with E-state index in [1.165, 1.54) is 24.1 Å². The molecule has 0 aliphatic carbocycles. The van der Waals surface area contributed by atoms with Crippen LogP contribution < -0.4 is 10.1 Å². The minimum Gasteiger partial charge on any atom is -0.497 e. The van der Waals surface area contributed by atoms with Gasteiger partial charge in [-0.3, -0.25) is 0 Å². The van der Waals surface area contributed by atoms with Gasteiger partial charge in [-0.15, -0.1) is 0 Å². The monoisotopic (exact) mass is 205 g/mol. The molecule has 0 saturated heterocycles. The number of methoxy groups -OCH3 is 1. The van der Waals surface area contributed by atoms with Crippen LogP contribution in [0.15, 0.2) is 18.2 Å². The lowest BCUT2D eigenvalue weighted by Crippen LogP contribution is -2.23. The third kappa shape index (κ3) is 1.69. The standard InChI is InChI=1S/C13H19NO/c1-4-7-13(2)9-14-12-6-5-10(15-3)8-11(12)13/h5-6,8,14H,4,7,9H2,1-3H3. The number of hydrogen-bond donors (Lipinski definition) is 1. The van der Waals surface area contributed by atoms with Crippen molar-refractivity contribution in [3.05, 3.63) is 23.8 Å². The van der Waals surface area contributed by atoms with Crippen LogP contribution in [0.2, 0.25) is 0 Å².